The number of hydrogen-bond donors (Lipinski definition) is 1. The average molecular weight is 440 g/mol. The molecule has 0 aromatic carbocycles. The first kappa shape index (κ1) is 30.4. The molecule has 186 valence electrons. The summed E-state index contributed by atoms with van der Waals surface area (Å²) in [7, 11) is 4.61. The molecule has 0 rings (SSSR count). The molecule has 0 saturated carbocycles. The van der Waals surface area contributed by atoms with E-state index in [0.717, 1.165) is 24.0 Å². The monoisotopic (exact) mass is 439 g/mol. The molecule has 0 aliphatic heterocycles. The normalized spacial score (nSPS) is 11.7. The zero-order valence-electron chi connectivity index (χ0n) is 22.1. The Labute approximate surface area is 196 Å². The summed E-state index contributed by atoms with van der Waals surface area (Å²) in [5, 5.41) is 3.15. The Hall–Kier alpha value is -0.570. The minimum Gasteiger partial charge on any atom is -0.350 e. The van der Waals surface area contributed by atoms with Crippen LogP contribution in [-0.2, 0) is 4.79 Å². The van der Waals surface area contributed by atoms with Gasteiger partial charge in [0.25, 0.3) is 0 Å². The summed E-state index contributed by atoms with van der Waals surface area (Å²) in [5.41, 5.74) is 0. The first-order valence-electron chi connectivity index (χ1n) is 14.1. The second kappa shape index (κ2) is 22.6. The van der Waals surface area contributed by atoms with Crippen LogP contribution in [0.5, 0.6) is 0 Å². The van der Waals surface area contributed by atoms with E-state index in [1.165, 1.54) is 122 Å². The second-order valence-electron chi connectivity index (χ2n) is 10.5. The lowest BCUT2D eigenvalue weighted by Crippen LogP contribution is -2.45. The molecule has 1 N–H and O–H groups in total. The van der Waals surface area contributed by atoms with Gasteiger partial charge in [-0.05, 0) is 19.3 Å². The van der Waals surface area contributed by atoms with Crippen molar-refractivity contribution in [1.82, 2.24) is 5.32 Å². The minimum atomic E-state index is 0.252. The van der Waals surface area contributed by atoms with Crippen molar-refractivity contribution in [1.29, 1.82) is 0 Å². The predicted octanol–water partition coefficient (Wildman–Crippen LogP) is 8.02. The van der Waals surface area contributed by atoms with E-state index >= 15 is 0 Å². The highest BCUT2D eigenvalue weighted by Crippen LogP contribution is 2.12. The van der Waals surface area contributed by atoms with Gasteiger partial charge in [-0.1, -0.05) is 117 Å². The maximum Gasteiger partial charge on any atom is 0.220 e. The van der Waals surface area contributed by atoms with E-state index in [1.54, 1.807) is 0 Å². The summed E-state index contributed by atoms with van der Waals surface area (Å²) in [6, 6.07) is 0. The quantitative estimate of drug-likeness (QED) is 0.120. The number of likely N-dealkylation sites (N-methyl/N-ethyl adjacent to an activating group) is 1. The summed E-state index contributed by atoms with van der Waals surface area (Å²) < 4.78 is 1.02. The molecule has 0 bridgehead atoms. The Balaban J connectivity index is 3.46. The lowest BCUT2D eigenvalue weighted by atomic mass is 10.1. The maximum atomic E-state index is 12.1. The van der Waals surface area contributed by atoms with Crippen LogP contribution >= 0.6 is 0 Å². The fourth-order valence-electron chi connectivity index (χ4n) is 4.32. The Morgan fingerprint density at radius 3 is 1.39 bits per heavy atom. The molecule has 1 amide bonds. The molecular weight excluding hydrogens is 380 g/mol. The molecule has 0 radical (unpaired) electrons. The lowest BCUT2D eigenvalue weighted by Gasteiger charge is -2.30. The minimum absolute atomic E-state index is 0.252. The number of quaternary nitrogens is 1. The zero-order valence-corrected chi connectivity index (χ0v) is 22.1. The number of unbranched alkanes of at least 4 members (excludes halogenated alkanes) is 17. The zero-order chi connectivity index (χ0) is 23.0. The highest BCUT2D eigenvalue weighted by atomic mass is 16.1. The first-order chi connectivity index (χ1) is 15.0. The van der Waals surface area contributed by atoms with Crippen LogP contribution in [0.4, 0.5) is 0 Å². The summed E-state index contributed by atoms with van der Waals surface area (Å²) in [6.45, 7) is 7.64. The molecule has 3 nitrogen and oxygen atoms in total. The van der Waals surface area contributed by atoms with Gasteiger partial charge in [-0.3, -0.25) is 4.79 Å². The Bertz CT molecular complexity index is 381. The van der Waals surface area contributed by atoms with Crippen LogP contribution < -0.4 is 5.32 Å². The molecule has 0 unspecified atom stereocenters. The number of nitrogens with zero attached hydrogens (tertiary/aromatic N) is 1. The van der Waals surface area contributed by atoms with Gasteiger partial charge in [0, 0.05) is 6.42 Å². The van der Waals surface area contributed by atoms with Crippen molar-refractivity contribution in [2.24, 2.45) is 0 Å². The largest absolute Gasteiger partial charge is 0.350 e. The van der Waals surface area contributed by atoms with Gasteiger partial charge in [0.05, 0.1) is 33.7 Å². The van der Waals surface area contributed by atoms with E-state index in [9.17, 15) is 4.79 Å². The van der Waals surface area contributed by atoms with Crippen molar-refractivity contribution in [3.8, 4) is 0 Å². The molecule has 0 aliphatic carbocycles. The number of rotatable bonds is 24. The Kier molecular flexibility index (Phi) is 22.2. The third kappa shape index (κ3) is 23.9. The molecular formula is C28H59N2O+. The van der Waals surface area contributed by atoms with E-state index in [1.807, 2.05) is 0 Å². The second-order valence-corrected chi connectivity index (χ2v) is 10.5. The van der Waals surface area contributed by atoms with E-state index in [-0.39, 0.29) is 5.91 Å². The number of hydrogen-bond acceptors (Lipinski definition) is 1. The van der Waals surface area contributed by atoms with E-state index in [4.69, 9.17) is 0 Å². The third-order valence-corrected chi connectivity index (χ3v) is 6.66. The van der Waals surface area contributed by atoms with Crippen molar-refractivity contribution < 1.29 is 9.28 Å². The van der Waals surface area contributed by atoms with Crippen molar-refractivity contribution in [2.45, 2.75) is 142 Å². The molecule has 0 heterocycles. The van der Waals surface area contributed by atoms with Crippen LogP contribution in [0.2, 0.25) is 0 Å². The van der Waals surface area contributed by atoms with Gasteiger partial charge in [-0.15, -0.1) is 0 Å². The van der Waals surface area contributed by atoms with Crippen LogP contribution in [0.3, 0.4) is 0 Å². The number of carbonyl (C=O) groups excluding carboxylic acids is 1. The Morgan fingerprint density at radius 1 is 0.548 bits per heavy atom. The topological polar surface area (TPSA) is 29.1 Å². The molecule has 0 aromatic heterocycles. The highest BCUT2D eigenvalue weighted by molar-refractivity contribution is 5.75. The summed E-state index contributed by atoms with van der Waals surface area (Å²) in [4.78, 5) is 12.1. The van der Waals surface area contributed by atoms with Crippen LogP contribution in [0, 0.1) is 0 Å². The van der Waals surface area contributed by atoms with Crippen molar-refractivity contribution >= 4 is 5.91 Å². The van der Waals surface area contributed by atoms with Crippen LogP contribution in [0.25, 0.3) is 0 Å². The number of carbonyl (C=O) groups is 1. The standard InChI is InChI=1S/C28H58N2O/c1-5-7-9-11-13-15-17-19-21-23-26-30(3,4)27-25-29-28(31)24-22-20-18-16-14-12-10-8-6-2/h5-27H2,1-4H3/p+1. The van der Waals surface area contributed by atoms with Gasteiger partial charge >= 0.3 is 0 Å². The smallest absolute Gasteiger partial charge is 0.220 e. The fourth-order valence-corrected chi connectivity index (χ4v) is 4.32. The summed E-state index contributed by atoms with van der Waals surface area (Å²) in [5.74, 6) is 0.252. The molecule has 0 spiro atoms. The van der Waals surface area contributed by atoms with Gasteiger partial charge in [-0.2, -0.15) is 0 Å². The van der Waals surface area contributed by atoms with E-state index in [0.29, 0.717) is 6.42 Å². The lowest BCUT2D eigenvalue weighted by molar-refractivity contribution is -0.889. The highest BCUT2D eigenvalue weighted by Gasteiger charge is 2.14. The summed E-state index contributed by atoms with van der Waals surface area (Å²) >= 11 is 0. The molecule has 0 aliphatic rings. The molecule has 3 heteroatoms. The van der Waals surface area contributed by atoms with Crippen molar-refractivity contribution in [3.05, 3.63) is 0 Å². The van der Waals surface area contributed by atoms with E-state index < -0.39 is 0 Å². The molecule has 0 atom stereocenters. The summed E-state index contributed by atoms with van der Waals surface area (Å²) in [6.07, 6.45) is 26.4. The number of nitrogens with one attached hydrogen (secondary N) is 1. The molecule has 31 heavy (non-hydrogen) atoms. The van der Waals surface area contributed by atoms with Gasteiger partial charge in [-0.25, -0.2) is 0 Å². The molecule has 0 aromatic rings. The number of amides is 1. The van der Waals surface area contributed by atoms with E-state index in [2.05, 4.69) is 33.3 Å². The van der Waals surface area contributed by atoms with Crippen LogP contribution in [0.1, 0.15) is 142 Å². The van der Waals surface area contributed by atoms with Gasteiger partial charge < -0.3 is 9.80 Å². The third-order valence-electron chi connectivity index (χ3n) is 6.66. The predicted molar refractivity (Wildman–Crippen MR) is 139 cm³/mol. The van der Waals surface area contributed by atoms with Gasteiger partial charge in [0.2, 0.25) is 5.91 Å². The Morgan fingerprint density at radius 2 is 0.935 bits per heavy atom. The SMILES string of the molecule is CCCCCCCCCCCC[N+](C)(C)CCNC(=O)CCCCCCCCCCC. The molecule has 0 fully saturated rings. The van der Waals surface area contributed by atoms with Gasteiger partial charge in [0.1, 0.15) is 0 Å². The van der Waals surface area contributed by atoms with Crippen LogP contribution in [-0.4, -0.2) is 44.1 Å². The maximum absolute atomic E-state index is 12.1. The van der Waals surface area contributed by atoms with Gasteiger partial charge in [0.15, 0.2) is 0 Å². The average Bonchev–Trinajstić information content (AvgIpc) is 2.73. The molecule has 0 saturated heterocycles. The van der Waals surface area contributed by atoms with Crippen molar-refractivity contribution in [2.75, 3.05) is 33.7 Å². The van der Waals surface area contributed by atoms with Crippen molar-refractivity contribution in [3.63, 3.8) is 0 Å². The fraction of sp³-hybridized carbons (Fsp3) is 0.964. The van der Waals surface area contributed by atoms with Crippen LogP contribution in [0.15, 0.2) is 0 Å². The first-order valence-corrected chi connectivity index (χ1v) is 14.1.